The number of hydrogen-bond donors (Lipinski definition) is 1. The minimum absolute atomic E-state index is 0.0522. The fraction of sp³-hybridized carbons (Fsp3) is 0.222. The Morgan fingerprint density at radius 1 is 1.29 bits per heavy atom. The van der Waals surface area contributed by atoms with Crippen molar-refractivity contribution in [2.45, 2.75) is 19.2 Å². The third-order valence-electron chi connectivity index (χ3n) is 3.86. The van der Waals surface area contributed by atoms with Crippen molar-refractivity contribution < 1.29 is 14.0 Å². The van der Waals surface area contributed by atoms with E-state index in [1.54, 1.807) is 30.0 Å². The summed E-state index contributed by atoms with van der Waals surface area (Å²) in [5.74, 6) is -0.197. The molecule has 2 aromatic rings. The molecule has 1 atom stereocenters. The fourth-order valence-corrected chi connectivity index (χ4v) is 3.92. The molecule has 0 unspecified atom stereocenters. The molecule has 2 aromatic carbocycles. The van der Waals surface area contributed by atoms with E-state index in [0.717, 1.165) is 5.56 Å². The number of nitrogens with zero attached hydrogens (tertiary/aromatic N) is 1. The van der Waals surface area contributed by atoms with Crippen LogP contribution in [0.1, 0.15) is 23.4 Å². The highest BCUT2D eigenvalue weighted by Crippen LogP contribution is 2.43. The molecule has 1 heterocycles. The van der Waals surface area contributed by atoms with E-state index in [-0.39, 0.29) is 23.0 Å². The van der Waals surface area contributed by atoms with Crippen molar-refractivity contribution in [2.24, 2.45) is 0 Å². The summed E-state index contributed by atoms with van der Waals surface area (Å²) in [7, 11) is 0. The van der Waals surface area contributed by atoms with Crippen LogP contribution >= 0.6 is 11.8 Å². The number of anilines is 2. The van der Waals surface area contributed by atoms with E-state index in [1.807, 2.05) is 18.2 Å². The molecule has 0 radical (unpaired) electrons. The summed E-state index contributed by atoms with van der Waals surface area (Å²) < 4.78 is 13.9. The first-order valence-electron chi connectivity index (χ1n) is 7.53. The zero-order valence-corrected chi connectivity index (χ0v) is 14.2. The number of amides is 2. The molecule has 1 aliphatic heterocycles. The highest BCUT2D eigenvalue weighted by molar-refractivity contribution is 8.00. The average Bonchev–Trinajstić information content (AvgIpc) is 2.91. The molecule has 1 aliphatic rings. The van der Waals surface area contributed by atoms with E-state index in [4.69, 9.17) is 0 Å². The predicted molar refractivity (Wildman–Crippen MR) is 94.6 cm³/mol. The maximum atomic E-state index is 13.9. The van der Waals surface area contributed by atoms with Gasteiger partial charge in [-0.25, -0.2) is 4.39 Å². The highest BCUT2D eigenvalue weighted by atomic mass is 32.2. The van der Waals surface area contributed by atoms with Gasteiger partial charge < -0.3 is 5.32 Å². The van der Waals surface area contributed by atoms with Gasteiger partial charge in [0.15, 0.2) is 0 Å². The third kappa shape index (κ3) is 3.14. The summed E-state index contributed by atoms with van der Waals surface area (Å²) in [4.78, 5) is 25.3. The smallest absolute Gasteiger partial charge is 0.238 e. The first-order valence-corrected chi connectivity index (χ1v) is 8.58. The lowest BCUT2D eigenvalue weighted by Crippen LogP contribution is -2.28. The van der Waals surface area contributed by atoms with Gasteiger partial charge >= 0.3 is 0 Å². The fourth-order valence-electron chi connectivity index (χ4n) is 2.76. The lowest BCUT2D eigenvalue weighted by atomic mass is 10.1. The Labute approximate surface area is 144 Å². The topological polar surface area (TPSA) is 49.4 Å². The van der Waals surface area contributed by atoms with Crippen molar-refractivity contribution >= 4 is 35.0 Å². The number of thioether (sulfide) groups is 1. The van der Waals surface area contributed by atoms with Crippen molar-refractivity contribution in [1.82, 2.24) is 0 Å². The summed E-state index contributed by atoms with van der Waals surface area (Å²) >= 11 is 1.49. The predicted octanol–water partition coefficient (Wildman–Crippen LogP) is 3.87. The molecule has 4 nitrogen and oxygen atoms in total. The van der Waals surface area contributed by atoms with Crippen LogP contribution in [0.3, 0.4) is 0 Å². The van der Waals surface area contributed by atoms with Gasteiger partial charge in [-0.3, -0.25) is 14.5 Å². The summed E-state index contributed by atoms with van der Waals surface area (Å²) in [5, 5.41) is 2.50. The summed E-state index contributed by atoms with van der Waals surface area (Å²) in [6, 6.07) is 12.1. The van der Waals surface area contributed by atoms with Gasteiger partial charge in [0, 0.05) is 18.2 Å². The number of carbonyl (C=O) groups is 2. The Morgan fingerprint density at radius 3 is 2.79 bits per heavy atom. The first-order chi connectivity index (χ1) is 11.5. The van der Waals surface area contributed by atoms with E-state index < -0.39 is 0 Å². The molecule has 2 amide bonds. The van der Waals surface area contributed by atoms with Gasteiger partial charge in [0.1, 0.15) is 11.2 Å². The van der Waals surface area contributed by atoms with E-state index in [0.29, 0.717) is 22.7 Å². The van der Waals surface area contributed by atoms with Crippen molar-refractivity contribution in [3.63, 3.8) is 0 Å². The summed E-state index contributed by atoms with van der Waals surface area (Å²) in [6.45, 7) is 3.12. The van der Waals surface area contributed by atoms with Crippen molar-refractivity contribution in [3.05, 3.63) is 59.4 Å². The normalized spacial score (nSPS) is 17.2. The summed E-state index contributed by atoms with van der Waals surface area (Å²) in [6.07, 6.45) is 0. The van der Waals surface area contributed by atoms with Crippen molar-refractivity contribution in [2.75, 3.05) is 16.0 Å². The molecule has 1 N–H and O–H groups in total. The van der Waals surface area contributed by atoms with Crippen LogP contribution in [0.2, 0.25) is 0 Å². The lowest BCUT2D eigenvalue weighted by molar-refractivity contribution is -0.116. The van der Waals surface area contributed by atoms with Gasteiger partial charge in [0.2, 0.25) is 11.8 Å². The summed E-state index contributed by atoms with van der Waals surface area (Å²) in [5.41, 5.74) is 2.60. The maximum absolute atomic E-state index is 13.9. The number of nitrogens with one attached hydrogen (secondary N) is 1. The van der Waals surface area contributed by atoms with Crippen molar-refractivity contribution in [3.8, 4) is 0 Å². The molecule has 24 heavy (non-hydrogen) atoms. The van der Waals surface area contributed by atoms with Gasteiger partial charge in [-0.1, -0.05) is 18.2 Å². The van der Waals surface area contributed by atoms with Crippen LogP contribution in [-0.2, 0) is 9.59 Å². The largest absolute Gasteiger partial charge is 0.326 e. The zero-order chi connectivity index (χ0) is 17.3. The lowest BCUT2D eigenvalue weighted by Gasteiger charge is -2.26. The van der Waals surface area contributed by atoms with E-state index in [2.05, 4.69) is 5.32 Å². The Bertz CT molecular complexity index is 809. The Morgan fingerprint density at radius 2 is 2.04 bits per heavy atom. The second-order valence-electron chi connectivity index (χ2n) is 5.62. The van der Waals surface area contributed by atoms with Crippen LogP contribution in [0.4, 0.5) is 15.8 Å². The molecule has 1 fully saturated rings. The minimum atomic E-state index is -0.331. The van der Waals surface area contributed by atoms with E-state index in [9.17, 15) is 14.0 Å². The van der Waals surface area contributed by atoms with E-state index >= 15 is 0 Å². The van der Waals surface area contributed by atoms with Crippen LogP contribution in [0, 0.1) is 12.7 Å². The molecule has 6 heteroatoms. The third-order valence-corrected chi connectivity index (χ3v) is 5.07. The van der Waals surface area contributed by atoms with E-state index in [1.165, 1.54) is 24.8 Å². The molecular formula is C18H17FN2O2S. The van der Waals surface area contributed by atoms with Crippen molar-refractivity contribution in [1.29, 1.82) is 0 Å². The molecule has 124 valence electrons. The number of halogens is 1. The highest BCUT2D eigenvalue weighted by Gasteiger charge is 2.35. The number of hydrogen-bond acceptors (Lipinski definition) is 3. The molecule has 0 aromatic heterocycles. The zero-order valence-electron chi connectivity index (χ0n) is 13.4. The minimum Gasteiger partial charge on any atom is -0.326 e. The molecule has 1 saturated heterocycles. The molecule has 0 saturated carbocycles. The van der Waals surface area contributed by atoms with Gasteiger partial charge in [-0.2, -0.15) is 0 Å². The van der Waals surface area contributed by atoms with Crippen LogP contribution in [0.25, 0.3) is 0 Å². The maximum Gasteiger partial charge on any atom is 0.238 e. The molecule has 3 rings (SSSR count). The Hall–Kier alpha value is -2.34. The Kier molecular flexibility index (Phi) is 4.57. The molecule has 0 bridgehead atoms. The Balaban J connectivity index is 1.99. The molecular weight excluding hydrogens is 327 g/mol. The number of carbonyl (C=O) groups excluding carboxylic acids is 2. The second kappa shape index (κ2) is 6.65. The van der Waals surface area contributed by atoms with Crippen LogP contribution < -0.4 is 10.2 Å². The molecule has 0 spiro atoms. The quantitative estimate of drug-likeness (QED) is 0.919. The number of benzene rings is 2. The van der Waals surface area contributed by atoms with Crippen LogP contribution in [0.5, 0.6) is 0 Å². The van der Waals surface area contributed by atoms with Gasteiger partial charge in [-0.05, 0) is 36.8 Å². The van der Waals surface area contributed by atoms with Gasteiger partial charge in [-0.15, -0.1) is 11.8 Å². The molecule has 0 aliphatic carbocycles. The number of rotatable bonds is 3. The SMILES string of the molecule is CC(=O)Nc1cccc([C@H]2SCC(=O)N2c2cccc(F)c2C)c1. The second-order valence-corrected chi connectivity index (χ2v) is 6.69. The monoisotopic (exact) mass is 344 g/mol. The van der Waals surface area contributed by atoms with Crippen LogP contribution in [-0.4, -0.2) is 17.6 Å². The van der Waals surface area contributed by atoms with Crippen LogP contribution in [0.15, 0.2) is 42.5 Å². The first kappa shape index (κ1) is 16.5. The van der Waals surface area contributed by atoms with Gasteiger partial charge in [0.05, 0.1) is 11.4 Å². The standard InChI is InChI=1S/C18H17FN2O2S/c1-11-15(19)7-4-8-16(11)21-17(23)10-24-18(21)13-5-3-6-14(9-13)20-12(2)22/h3-9,18H,10H2,1-2H3,(H,20,22)/t18-/m1/s1. The van der Waals surface area contributed by atoms with Gasteiger partial charge in [0.25, 0.3) is 0 Å². The average molecular weight is 344 g/mol.